The summed E-state index contributed by atoms with van der Waals surface area (Å²) in [5, 5.41) is 2.42. The van der Waals surface area contributed by atoms with Crippen molar-refractivity contribution in [2.45, 2.75) is 0 Å². The van der Waals surface area contributed by atoms with Crippen LogP contribution < -0.4 is 11.0 Å². The Bertz CT molecular complexity index is 470. The molecule has 0 aromatic carbocycles. The molecule has 2 heterocycles. The second-order valence-electron chi connectivity index (χ2n) is 4.00. The van der Waals surface area contributed by atoms with E-state index < -0.39 is 11.8 Å². The Morgan fingerprint density at radius 3 is 3.05 bits per heavy atom. The molecular formula is C11H16N4O4. The van der Waals surface area contributed by atoms with E-state index in [0.29, 0.717) is 26.4 Å². The summed E-state index contributed by atoms with van der Waals surface area (Å²) in [6.07, 6.45) is 0.706. The summed E-state index contributed by atoms with van der Waals surface area (Å²) < 4.78 is 10.2. The Kier molecular flexibility index (Phi) is 4.87. The van der Waals surface area contributed by atoms with E-state index in [2.05, 4.69) is 20.2 Å². The van der Waals surface area contributed by atoms with E-state index in [1.165, 1.54) is 12.3 Å². The quantitative estimate of drug-likeness (QED) is 0.775. The van der Waals surface area contributed by atoms with Gasteiger partial charge in [0.1, 0.15) is 12.4 Å². The number of hydrogen-bond acceptors (Lipinski definition) is 6. The van der Waals surface area contributed by atoms with E-state index in [-0.39, 0.29) is 5.82 Å². The molecule has 0 saturated carbocycles. The molecule has 1 aliphatic heterocycles. The number of rotatable bonds is 4. The van der Waals surface area contributed by atoms with Crippen molar-refractivity contribution < 1.29 is 14.3 Å². The standard InChI is InChI=1S/C11H16N4O4/c16-10-12-2-1-9(13-10)14-11(17)19-8-5-15-3-6-18-7-4-15/h1-2H,3-8H2,(H2,12,13,14,16,17). The topological polar surface area (TPSA) is 96.5 Å². The lowest BCUT2D eigenvalue weighted by molar-refractivity contribution is 0.0290. The highest BCUT2D eigenvalue weighted by molar-refractivity contribution is 5.83. The lowest BCUT2D eigenvalue weighted by atomic mass is 10.4. The number of morpholine rings is 1. The zero-order valence-electron chi connectivity index (χ0n) is 10.4. The van der Waals surface area contributed by atoms with Crippen LogP contribution in [-0.4, -0.2) is 60.4 Å². The number of amides is 1. The molecule has 0 atom stereocenters. The molecule has 0 aliphatic carbocycles. The van der Waals surface area contributed by atoms with Crippen molar-refractivity contribution in [1.82, 2.24) is 14.9 Å². The largest absolute Gasteiger partial charge is 0.448 e. The van der Waals surface area contributed by atoms with Gasteiger partial charge >= 0.3 is 11.8 Å². The Labute approximate surface area is 109 Å². The molecular weight excluding hydrogens is 252 g/mol. The maximum Gasteiger partial charge on any atom is 0.412 e. The van der Waals surface area contributed by atoms with Gasteiger partial charge in [-0.15, -0.1) is 0 Å². The number of carbonyl (C=O) groups excluding carboxylic acids is 1. The van der Waals surface area contributed by atoms with Crippen molar-refractivity contribution >= 4 is 11.9 Å². The van der Waals surface area contributed by atoms with Crippen LogP contribution >= 0.6 is 0 Å². The van der Waals surface area contributed by atoms with E-state index in [9.17, 15) is 9.59 Å². The molecule has 0 unspecified atom stereocenters. The number of anilines is 1. The first-order valence-corrected chi connectivity index (χ1v) is 6.03. The van der Waals surface area contributed by atoms with E-state index in [0.717, 1.165) is 13.1 Å². The third-order valence-corrected chi connectivity index (χ3v) is 2.66. The molecule has 19 heavy (non-hydrogen) atoms. The van der Waals surface area contributed by atoms with Crippen molar-refractivity contribution in [2.75, 3.05) is 44.8 Å². The van der Waals surface area contributed by atoms with E-state index in [1.807, 2.05) is 0 Å². The first kappa shape index (κ1) is 13.5. The van der Waals surface area contributed by atoms with Crippen LogP contribution in [0.1, 0.15) is 0 Å². The van der Waals surface area contributed by atoms with E-state index in [4.69, 9.17) is 9.47 Å². The summed E-state index contributed by atoms with van der Waals surface area (Å²) in [7, 11) is 0. The van der Waals surface area contributed by atoms with E-state index in [1.54, 1.807) is 0 Å². The van der Waals surface area contributed by atoms with Gasteiger partial charge in [0, 0.05) is 25.8 Å². The highest BCUT2D eigenvalue weighted by atomic mass is 16.5. The number of nitrogens with one attached hydrogen (secondary N) is 2. The highest BCUT2D eigenvalue weighted by Gasteiger charge is 2.11. The average molecular weight is 268 g/mol. The van der Waals surface area contributed by atoms with E-state index >= 15 is 0 Å². The number of nitrogens with zero attached hydrogens (tertiary/aromatic N) is 2. The van der Waals surface area contributed by atoms with Crippen LogP contribution in [0.25, 0.3) is 0 Å². The maximum atomic E-state index is 11.4. The molecule has 2 rings (SSSR count). The second-order valence-corrected chi connectivity index (χ2v) is 4.00. The van der Waals surface area contributed by atoms with Gasteiger partial charge in [-0.3, -0.25) is 15.2 Å². The number of aromatic nitrogens is 2. The van der Waals surface area contributed by atoms with Crippen molar-refractivity contribution in [2.24, 2.45) is 0 Å². The number of hydrogen-bond donors (Lipinski definition) is 2. The molecule has 1 saturated heterocycles. The molecule has 104 valence electrons. The summed E-state index contributed by atoms with van der Waals surface area (Å²) in [4.78, 5) is 30.3. The molecule has 8 nitrogen and oxygen atoms in total. The third kappa shape index (κ3) is 4.68. The molecule has 0 radical (unpaired) electrons. The molecule has 1 amide bonds. The Morgan fingerprint density at radius 1 is 1.53 bits per heavy atom. The fraction of sp³-hybridized carbons (Fsp3) is 0.545. The molecule has 1 aliphatic rings. The molecule has 0 bridgehead atoms. The first-order chi connectivity index (χ1) is 9.24. The summed E-state index contributed by atoms with van der Waals surface area (Å²) in [6.45, 7) is 4.09. The summed E-state index contributed by atoms with van der Waals surface area (Å²) in [6, 6.07) is 1.48. The number of carbonyl (C=O) groups is 1. The first-order valence-electron chi connectivity index (χ1n) is 6.03. The lowest BCUT2D eigenvalue weighted by Gasteiger charge is -2.26. The number of ether oxygens (including phenoxy) is 2. The summed E-state index contributed by atoms with van der Waals surface area (Å²) >= 11 is 0. The van der Waals surface area contributed by atoms with Crippen molar-refractivity contribution in [1.29, 1.82) is 0 Å². The highest BCUT2D eigenvalue weighted by Crippen LogP contribution is 1.99. The lowest BCUT2D eigenvalue weighted by Crippen LogP contribution is -2.38. The molecule has 1 aromatic heterocycles. The average Bonchev–Trinajstić information content (AvgIpc) is 2.40. The second kappa shape index (κ2) is 6.86. The van der Waals surface area contributed by atoms with Crippen molar-refractivity contribution in [3.63, 3.8) is 0 Å². The van der Waals surface area contributed by atoms with Crippen molar-refractivity contribution in [3.8, 4) is 0 Å². The minimum absolute atomic E-state index is 0.261. The Morgan fingerprint density at radius 2 is 2.32 bits per heavy atom. The van der Waals surface area contributed by atoms with Gasteiger partial charge < -0.3 is 9.47 Å². The minimum Gasteiger partial charge on any atom is -0.448 e. The van der Waals surface area contributed by atoms with Crippen LogP contribution in [0.5, 0.6) is 0 Å². The normalized spacial score (nSPS) is 16.0. The van der Waals surface area contributed by atoms with Crippen LogP contribution in [0.4, 0.5) is 10.6 Å². The Hall–Kier alpha value is -1.93. The van der Waals surface area contributed by atoms with Gasteiger partial charge in [0.05, 0.1) is 13.2 Å². The summed E-state index contributed by atoms with van der Waals surface area (Å²) in [5.41, 5.74) is -0.522. The molecule has 1 aromatic rings. The van der Waals surface area contributed by atoms with Crippen LogP contribution in [0.3, 0.4) is 0 Å². The number of H-pyrrole nitrogens is 1. The predicted molar refractivity (Wildman–Crippen MR) is 67.1 cm³/mol. The molecule has 1 fully saturated rings. The summed E-state index contributed by atoms with van der Waals surface area (Å²) in [5.74, 6) is 0.261. The molecule has 0 spiro atoms. The van der Waals surface area contributed by atoms with Gasteiger partial charge in [-0.1, -0.05) is 0 Å². The molecule has 2 N–H and O–H groups in total. The van der Waals surface area contributed by atoms with Gasteiger partial charge in [-0.2, -0.15) is 0 Å². The van der Waals surface area contributed by atoms with Crippen LogP contribution in [0.2, 0.25) is 0 Å². The Balaban J connectivity index is 1.68. The van der Waals surface area contributed by atoms with Gasteiger partial charge in [-0.25, -0.2) is 14.6 Å². The minimum atomic E-state index is -0.602. The van der Waals surface area contributed by atoms with Crippen molar-refractivity contribution in [3.05, 3.63) is 22.7 Å². The molecule has 8 heteroatoms. The fourth-order valence-electron chi connectivity index (χ4n) is 1.68. The fourth-order valence-corrected chi connectivity index (χ4v) is 1.68. The maximum absolute atomic E-state index is 11.4. The van der Waals surface area contributed by atoms with Gasteiger partial charge in [0.2, 0.25) is 0 Å². The zero-order valence-corrected chi connectivity index (χ0v) is 10.4. The van der Waals surface area contributed by atoms with Gasteiger partial charge in [-0.05, 0) is 6.07 Å². The number of aromatic amines is 1. The smallest absolute Gasteiger partial charge is 0.412 e. The monoisotopic (exact) mass is 268 g/mol. The van der Waals surface area contributed by atoms with Crippen LogP contribution in [0, 0.1) is 0 Å². The van der Waals surface area contributed by atoms with Crippen LogP contribution in [-0.2, 0) is 9.47 Å². The van der Waals surface area contributed by atoms with Gasteiger partial charge in [0.25, 0.3) is 0 Å². The predicted octanol–water partition coefficient (Wildman–Crippen LogP) is -0.349. The third-order valence-electron chi connectivity index (χ3n) is 2.66. The van der Waals surface area contributed by atoms with Crippen LogP contribution in [0.15, 0.2) is 17.1 Å². The zero-order chi connectivity index (χ0) is 13.5. The SMILES string of the molecule is O=C(Nc1ccnc(=O)[nH]1)OCCN1CCOCC1. The van der Waals surface area contributed by atoms with Gasteiger partial charge in [0.15, 0.2) is 0 Å².